The Balaban J connectivity index is 1.54. The molecule has 0 radical (unpaired) electrons. The molecule has 0 bridgehead atoms. The molecule has 4 amide bonds. The summed E-state index contributed by atoms with van der Waals surface area (Å²) < 4.78 is 5.59. The average molecular weight is 550 g/mol. The van der Waals surface area contributed by atoms with Crippen LogP contribution < -0.4 is 10.2 Å². The van der Waals surface area contributed by atoms with E-state index in [2.05, 4.69) is 30.9 Å². The molecule has 0 saturated carbocycles. The van der Waals surface area contributed by atoms with Gasteiger partial charge in [0.15, 0.2) is 0 Å². The van der Waals surface area contributed by atoms with E-state index in [9.17, 15) is 24.4 Å². The summed E-state index contributed by atoms with van der Waals surface area (Å²) in [6, 6.07) is 14.7. The van der Waals surface area contributed by atoms with Gasteiger partial charge >= 0.3 is 0 Å². The summed E-state index contributed by atoms with van der Waals surface area (Å²) in [6.07, 6.45) is 2.58. The number of nitrogens with zero attached hydrogens (tertiary/aromatic N) is 2. The molecule has 40 heavy (non-hydrogen) atoms. The summed E-state index contributed by atoms with van der Waals surface area (Å²) in [4.78, 5) is 56.0. The summed E-state index contributed by atoms with van der Waals surface area (Å²) in [7, 11) is 0. The first-order chi connectivity index (χ1) is 19.2. The quantitative estimate of drug-likeness (QED) is 0.233. The maximum atomic E-state index is 13.6. The molecule has 2 aromatic carbocycles. The van der Waals surface area contributed by atoms with Crippen LogP contribution in [-0.4, -0.2) is 64.9 Å². The van der Waals surface area contributed by atoms with Gasteiger partial charge in [0.25, 0.3) is 11.8 Å². The number of ether oxygens (including phenoxy) is 1. The summed E-state index contributed by atoms with van der Waals surface area (Å²) in [5.74, 6) is -3.09. The van der Waals surface area contributed by atoms with Crippen molar-refractivity contribution >= 4 is 23.6 Å². The van der Waals surface area contributed by atoms with Crippen molar-refractivity contribution in [1.82, 2.24) is 15.3 Å². The van der Waals surface area contributed by atoms with Gasteiger partial charge in [0.1, 0.15) is 5.75 Å². The van der Waals surface area contributed by atoms with Gasteiger partial charge in [-0.1, -0.05) is 51.1 Å². The molecule has 2 unspecified atom stereocenters. The van der Waals surface area contributed by atoms with E-state index in [1.807, 2.05) is 25.1 Å². The van der Waals surface area contributed by atoms with Crippen LogP contribution >= 0.6 is 0 Å². The minimum atomic E-state index is -0.915. The van der Waals surface area contributed by atoms with E-state index < -0.39 is 35.0 Å². The van der Waals surface area contributed by atoms with Crippen molar-refractivity contribution in [2.45, 2.75) is 52.9 Å². The van der Waals surface area contributed by atoms with Crippen molar-refractivity contribution in [3.05, 3.63) is 65.2 Å². The van der Waals surface area contributed by atoms with E-state index >= 15 is 0 Å². The van der Waals surface area contributed by atoms with E-state index in [-0.39, 0.29) is 23.5 Å². The topological polar surface area (TPSA) is 116 Å². The van der Waals surface area contributed by atoms with Crippen LogP contribution in [0, 0.1) is 17.3 Å². The summed E-state index contributed by atoms with van der Waals surface area (Å²) >= 11 is 0. The number of hydrogen-bond donors (Lipinski definition) is 2. The fraction of sp³-hybridized carbons (Fsp3) is 0.484. The van der Waals surface area contributed by atoms with Gasteiger partial charge in [-0.25, -0.2) is 10.4 Å². The Morgan fingerprint density at radius 2 is 1.80 bits per heavy atom. The average Bonchev–Trinajstić information content (AvgIpc) is 3.46. The highest BCUT2D eigenvalue weighted by Gasteiger charge is 2.50. The highest BCUT2D eigenvalue weighted by atomic mass is 16.5. The first-order valence-corrected chi connectivity index (χ1v) is 14.1. The monoisotopic (exact) mass is 549 g/mol. The Morgan fingerprint density at radius 3 is 2.48 bits per heavy atom. The van der Waals surface area contributed by atoms with E-state index in [1.165, 1.54) is 17.7 Å². The lowest BCUT2D eigenvalue weighted by atomic mass is 9.67. The molecule has 2 heterocycles. The van der Waals surface area contributed by atoms with Crippen molar-refractivity contribution in [3.8, 4) is 5.75 Å². The second-order valence-corrected chi connectivity index (χ2v) is 11.4. The Hall–Kier alpha value is -3.56. The summed E-state index contributed by atoms with van der Waals surface area (Å²) in [6.45, 7) is 8.66. The lowest BCUT2D eigenvalue weighted by Gasteiger charge is -2.38. The van der Waals surface area contributed by atoms with Crippen LogP contribution in [0.5, 0.6) is 5.75 Å². The summed E-state index contributed by atoms with van der Waals surface area (Å²) in [5.41, 5.74) is 2.62. The molecular weight excluding hydrogens is 510 g/mol. The van der Waals surface area contributed by atoms with Crippen LogP contribution in [0.1, 0.15) is 72.7 Å². The van der Waals surface area contributed by atoms with Crippen molar-refractivity contribution < 1.29 is 29.1 Å². The predicted octanol–water partition coefficient (Wildman–Crippen LogP) is 4.09. The molecule has 2 N–H and O–H groups in total. The third kappa shape index (κ3) is 6.26. The molecule has 2 atom stereocenters. The molecule has 2 aromatic rings. The van der Waals surface area contributed by atoms with Gasteiger partial charge in [-0.15, -0.1) is 0 Å². The van der Waals surface area contributed by atoms with E-state index in [0.717, 1.165) is 25.9 Å². The highest BCUT2D eigenvalue weighted by Crippen LogP contribution is 2.45. The van der Waals surface area contributed by atoms with Gasteiger partial charge in [-0.2, -0.15) is 0 Å². The number of amides is 4. The van der Waals surface area contributed by atoms with E-state index in [4.69, 9.17) is 4.74 Å². The largest absolute Gasteiger partial charge is 0.494 e. The molecule has 9 heteroatoms. The molecule has 0 aliphatic carbocycles. The van der Waals surface area contributed by atoms with Gasteiger partial charge < -0.3 is 9.64 Å². The minimum absolute atomic E-state index is 0.111. The minimum Gasteiger partial charge on any atom is -0.494 e. The molecule has 1 saturated heterocycles. The third-order valence-corrected chi connectivity index (χ3v) is 7.96. The molecule has 0 spiro atoms. The Bertz CT molecular complexity index is 1250. The van der Waals surface area contributed by atoms with Crippen LogP contribution in [0.15, 0.2) is 48.5 Å². The standard InChI is InChI=1S/C31H39N3O6/c1-4-16-40-23-10-11-24-25(17-23)30(38)34(29(24)37)27(35)18-26(28(36)32-39)31(19-21(2)3)13-15-33(20-31)14-12-22-8-6-5-7-9-22/h5-11,17,21,26,39H,4,12-16,18-20H2,1-3H3,(H,32,36). The van der Waals surface area contributed by atoms with Gasteiger partial charge in [-0.3, -0.25) is 24.4 Å². The van der Waals surface area contributed by atoms with Crippen LogP contribution in [0.25, 0.3) is 0 Å². The Kier molecular flexibility index (Phi) is 9.37. The second-order valence-electron chi connectivity index (χ2n) is 11.4. The zero-order valence-electron chi connectivity index (χ0n) is 23.5. The highest BCUT2D eigenvalue weighted by molar-refractivity contribution is 6.29. The normalized spacial score (nSPS) is 19.7. The summed E-state index contributed by atoms with van der Waals surface area (Å²) in [5, 5.41) is 9.67. The number of likely N-dealkylation sites (tertiary alicyclic amines) is 1. The molecule has 2 aliphatic heterocycles. The maximum Gasteiger partial charge on any atom is 0.268 e. The second kappa shape index (κ2) is 12.7. The molecule has 0 aromatic heterocycles. The van der Waals surface area contributed by atoms with Crippen LogP contribution in [0.3, 0.4) is 0 Å². The zero-order valence-corrected chi connectivity index (χ0v) is 23.5. The molecule has 2 aliphatic rings. The number of nitrogens with one attached hydrogen (secondary N) is 1. The lowest BCUT2D eigenvalue weighted by molar-refractivity contribution is -0.143. The third-order valence-electron chi connectivity index (χ3n) is 7.96. The van der Waals surface area contributed by atoms with E-state index in [0.29, 0.717) is 36.6 Å². The SMILES string of the molecule is CCCOc1ccc2c(c1)C(=O)N(C(=O)CC(C(=O)NO)C1(CC(C)C)CCN(CCc3ccccc3)C1)C2=O. The van der Waals surface area contributed by atoms with E-state index in [1.54, 1.807) is 11.5 Å². The Labute approximate surface area is 235 Å². The number of hydroxylamine groups is 1. The predicted molar refractivity (Wildman–Crippen MR) is 149 cm³/mol. The molecule has 4 rings (SSSR count). The number of fused-ring (bicyclic) bond motifs is 1. The van der Waals surface area contributed by atoms with Gasteiger partial charge in [-0.05, 0) is 67.3 Å². The van der Waals surface area contributed by atoms with Gasteiger partial charge in [0.2, 0.25) is 11.8 Å². The molecule has 1 fully saturated rings. The maximum absolute atomic E-state index is 13.6. The molecule has 9 nitrogen and oxygen atoms in total. The van der Waals surface area contributed by atoms with Crippen molar-refractivity contribution in [3.63, 3.8) is 0 Å². The first-order valence-electron chi connectivity index (χ1n) is 14.1. The number of carbonyl (C=O) groups is 4. The number of imide groups is 3. The first kappa shape index (κ1) is 29.4. The van der Waals surface area contributed by atoms with Crippen LogP contribution in [-0.2, 0) is 16.0 Å². The fourth-order valence-corrected chi connectivity index (χ4v) is 6.20. The smallest absolute Gasteiger partial charge is 0.268 e. The molecular formula is C31H39N3O6. The van der Waals surface area contributed by atoms with Gasteiger partial charge in [0, 0.05) is 19.5 Å². The van der Waals surface area contributed by atoms with Crippen molar-refractivity contribution in [2.24, 2.45) is 17.3 Å². The number of rotatable bonds is 12. The lowest BCUT2D eigenvalue weighted by Crippen LogP contribution is -2.47. The van der Waals surface area contributed by atoms with Crippen molar-refractivity contribution in [1.29, 1.82) is 0 Å². The van der Waals surface area contributed by atoms with Crippen LogP contribution in [0.2, 0.25) is 0 Å². The van der Waals surface area contributed by atoms with Gasteiger partial charge in [0.05, 0.1) is 23.7 Å². The fourth-order valence-electron chi connectivity index (χ4n) is 6.20. The van der Waals surface area contributed by atoms with Crippen molar-refractivity contribution in [2.75, 3.05) is 26.2 Å². The zero-order chi connectivity index (χ0) is 28.9. The Morgan fingerprint density at radius 1 is 1.07 bits per heavy atom. The van der Waals surface area contributed by atoms with Crippen LogP contribution in [0.4, 0.5) is 0 Å². The number of benzene rings is 2. The number of carbonyl (C=O) groups excluding carboxylic acids is 4. The molecule has 214 valence electrons. The number of hydrogen-bond acceptors (Lipinski definition) is 7.